The first-order valence-corrected chi connectivity index (χ1v) is 5.90. The van der Waals surface area contributed by atoms with Gasteiger partial charge in [-0.1, -0.05) is 13.3 Å². The van der Waals surface area contributed by atoms with Crippen LogP contribution in [0.25, 0.3) is 0 Å². The summed E-state index contributed by atoms with van der Waals surface area (Å²) in [5, 5.41) is 0. The Morgan fingerprint density at radius 1 is 1.13 bits per heavy atom. The Morgan fingerprint density at radius 2 is 1.73 bits per heavy atom. The van der Waals surface area contributed by atoms with E-state index in [9.17, 15) is 0 Å². The molecule has 0 aliphatic carbocycles. The lowest BCUT2D eigenvalue weighted by atomic mass is 10.0. The average Bonchev–Trinajstić information content (AvgIpc) is 2.32. The number of piperidine rings is 1. The molecule has 0 aromatic heterocycles. The minimum Gasteiger partial charge on any atom is -0.356 e. The molecule has 1 rings (SSSR count). The highest BCUT2D eigenvalue weighted by molar-refractivity contribution is 4.76. The van der Waals surface area contributed by atoms with Crippen LogP contribution in [0.2, 0.25) is 0 Å². The van der Waals surface area contributed by atoms with Gasteiger partial charge in [0, 0.05) is 26.7 Å². The Bertz CT molecular complexity index is 154. The molecular formula is C12H24NO2. The van der Waals surface area contributed by atoms with Crippen LogP contribution in [0.1, 0.15) is 32.1 Å². The first-order valence-electron chi connectivity index (χ1n) is 5.90. The van der Waals surface area contributed by atoms with E-state index in [0.717, 1.165) is 12.8 Å². The molecule has 0 N–H and O–H groups in total. The molecule has 3 heteroatoms. The van der Waals surface area contributed by atoms with E-state index in [-0.39, 0.29) is 6.29 Å². The molecule has 0 saturated carbocycles. The molecule has 0 amide bonds. The molecule has 1 aliphatic heterocycles. The fourth-order valence-corrected chi connectivity index (χ4v) is 2.24. The summed E-state index contributed by atoms with van der Waals surface area (Å²) in [6, 6.07) is 0.509. The molecule has 1 unspecified atom stereocenters. The van der Waals surface area contributed by atoms with Crippen molar-refractivity contribution in [2.75, 3.05) is 27.3 Å². The summed E-state index contributed by atoms with van der Waals surface area (Å²) in [7, 11) is 3.40. The van der Waals surface area contributed by atoms with Crippen LogP contribution in [0.3, 0.4) is 0 Å². The van der Waals surface area contributed by atoms with Crippen LogP contribution in [0, 0.1) is 6.92 Å². The van der Waals surface area contributed by atoms with Crippen LogP contribution >= 0.6 is 0 Å². The summed E-state index contributed by atoms with van der Waals surface area (Å²) in [4.78, 5) is 2.53. The number of ether oxygens (including phenoxy) is 2. The van der Waals surface area contributed by atoms with Gasteiger partial charge in [-0.25, -0.2) is 0 Å². The van der Waals surface area contributed by atoms with Gasteiger partial charge in [0.15, 0.2) is 6.29 Å². The van der Waals surface area contributed by atoms with Gasteiger partial charge in [0.1, 0.15) is 0 Å². The van der Waals surface area contributed by atoms with Gasteiger partial charge in [-0.15, -0.1) is 0 Å². The third-order valence-electron chi connectivity index (χ3n) is 3.23. The van der Waals surface area contributed by atoms with Crippen molar-refractivity contribution in [3.63, 3.8) is 0 Å². The van der Waals surface area contributed by atoms with Crippen LogP contribution in [-0.4, -0.2) is 44.5 Å². The van der Waals surface area contributed by atoms with Crippen molar-refractivity contribution >= 4 is 0 Å². The molecule has 0 spiro atoms. The fourth-order valence-electron chi connectivity index (χ4n) is 2.24. The second-order valence-corrected chi connectivity index (χ2v) is 4.18. The summed E-state index contributed by atoms with van der Waals surface area (Å²) in [5.41, 5.74) is 0. The van der Waals surface area contributed by atoms with E-state index in [2.05, 4.69) is 11.8 Å². The van der Waals surface area contributed by atoms with Gasteiger partial charge in [0.25, 0.3) is 0 Å². The smallest absolute Gasteiger partial charge is 0.158 e. The number of methoxy groups -OCH3 is 2. The number of hydrogen-bond acceptors (Lipinski definition) is 3. The van der Waals surface area contributed by atoms with E-state index in [4.69, 9.17) is 9.47 Å². The molecule has 0 aromatic carbocycles. The molecule has 0 aromatic rings. The van der Waals surface area contributed by atoms with Crippen molar-refractivity contribution < 1.29 is 9.47 Å². The monoisotopic (exact) mass is 214 g/mol. The van der Waals surface area contributed by atoms with Gasteiger partial charge in [0.05, 0.1) is 0 Å². The molecule has 89 valence electrons. The molecule has 1 atom stereocenters. The molecule has 1 aliphatic rings. The van der Waals surface area contributed by atoms with E-state index in [1.54, 1.807) is 14.2 Å². The minimum absolute atomic E-state index is 0.0846. The highest BCUT2D eigenvalue weighted by Gasteiger charge is 2.22. The predicted octanol–water partition coefficient (Wildman–Crippen LogP) is 2.07. The molecule has 1 fully saturated rings. The van der Waals surface area contributed by atoms with Gasteiger partial charge >= 0.3 is 0 Å². The number of hydrogen-bond donors (Lipinski definition) is 0. The minimum atomic E-state index is -0.0846. The zero-order valence-corrected chi connectivity index (χ0v) is 10.1. The summed E-state index contributed by atoms with van der Waals surface area (Å²) in [6.45, 7) is 6.45. The van der Waals surface area contributed by atoms with Crippen molar-refractivity contribution in [1.29, 1.82) is 0 Å². The van der Waals surface area contributed by atoms with Gasteiger partial charge in [0.2, 0.25) is 0 Å². The molecular weight excluding hydrogens is 190 g/mol. The number of rotatable bonds is 6. The van der Waals surface area contributed by atoms with Crippen molar-refractivity contribution in [1.82, 2.24) is 4.90 Å². The lowest BCUT2D eigenvalue weighted by molar-refractivity contribution is -0.117. The second kappa shape index (κ2) is 7.20. The van der Waals surface area contributed by atoms with E-state index < -0.39 is 0 Å². The maximum absolute atomic E-state index is 5.25. The Kier molecular flexibility index (Phi) is 6.22. The molecule has 3 nitrogen and oxygen atoms in total. The van der Waals surface area contributed by atoms with Gasteiger partial charge in [-0.05, 0) is 32.4 Å². The summed E-state index contributed by atoms with van der Waals surface area (Å²) in [5.74, 6) is 0. The zero-order valence-electron chi connectivity index (χ0n) is 10.1. The number of likely N-dealkylation sites (tertiary alicyclic amines) is 1. The highest BCUT2D eigenvalue weighted by Crippen LogP contribution is 2.18. The van der Waals surface area contributed by atoms with Gasteiger partial charge < -0.3 is 14.4 Å². The standard InChI is InChI=1S/C12H24NO2/c1-4-11(10-12(14-2)15-3)13-8-6-5-7-9-13/h11-12H,1,4-10H2,2-3H3. The second-order valence-electron chi connectivity index (χ2n) is 4.18. The van der Waals surface area contributed by atoms with E-state index in [1.165, 1.54) is 32.4 Å². The Labute approximate surface area is 93.7 Å². The third-order valence-corrected chi connectivity index (χ3v) is 3.23. The van der Waals surface area contributed by atoms with Crippen LogP contribution in [-0.2, 0) is 9.47 Å². The van der Waals surface area contributed by atoms with Crippen LogP contribution in [0.15, 0.2) is 0 Å². The summed E-state index contributed by atoms with van der Waals surface area (Å²) >= 11 is 0. The van der Waals surface area contributed by atoms with Gasteiger partial charge in [-0.3, -0.25) is 0 Å². The van der Waals surface area contributed by atoms with Crippen molar-refractivity contribution in [3.05, 3.63) is 6.92 Å². The Balaban J connectivity index is 2.38. The predicted molar refractivity (Wildman–Crippen MR) is 61.6 cm³/mol. The van der Waals surface area contributed by atoms with Crippen molar-refractivity contribution in [2.45, 2.75) is 44.4 Å². The van der Waals surface area contributed by atoms with Gasteiger partial charge in [-0.2, -0.15) is 0 Å². The SMILES string of the molecule is [CH2]CC(CC(OC)OC)N1CCCCC1. The molecule has 1 radical (unpaired) electrons. The zero-order chi connectivity index (χ0) is 11.1. The fraction of sp³-hybridized carbons (Fsp3) is 0.917. The first-order chi connectivity index (χ1) is 7.31. The maximum atomic E-state index is 5.25. The van der Waals surface area contributed by atoms with E-state index >= 15 is 0 Å². The normalized spacial score (nSPS) is 20.8. The molecule has 15 heavy (non-hydrogen) atoms. The molecule has 0 bridgehead atoms. The van der Waals surface area contributed by atoms with Crippen molar-refractivity contribution in [2.24, 2.45) is 0 Å². The first kappa shape index (κ1) is 12.9. The van der Waals surface area contributed by atoms with Crippen LogP contribution in [0.5, 0.6) is 0 Å². The largest absolute Gasteiger partial charge is 0.356 e. The lowest BCUT2D eigenvalue weighted by Gasteiger charge is -2.35. The van der Waals surface area contributed by atoms with Crippen LogP contribution in [0.4, 0.5) is 0 Å². The Hall–Kier alpha value is -0.120. The third kappa shape index (κ3) is 4.09. The average molecular weight is 214 g/mol. The molecule has 1 heterocycles. The van der Waals surface area contributed by atoms with E-state index in [1.807, 2.05) is 0 Å². The quantitative estimate of drug-likeness (QED) is 0.632. The summed E-state index contributed by atoms with van der Waals surface area (Å²) < 4.78 is 10.5. The Morgan fingerprint density at radius 3 is 2.20 bits per heavy atom. The summed E-state index contributed by atoms with van der Waals surface area (Å²) in [6.07, 6.45) is 5.79. The lowest BCUT2D eigenvalue weighted by Crippen LogP contribution is -2.41. The topological polar surface area (TPSA) is 21.7 Å². The molecule has 1 saturated heterocycles. The van der Waals surface area contributed by atoms with Crippen LogP contribution < -0.4 is 0 Å². The van der Waals surface area contributed by atoms with E-state index in [0.29, 0.717) is 6.04 Å². The maximum Gasteiger partial charge on any atom is 0.158 e. The highest BCUT2D eigenvalue weighted by atomic mass is 16.7. The van der Waals surface area contributed by atoms with Crippen molar-refractivity contribution in [3.8, 4) is 0 Å². The number of nitrogens with zero attached hydrogens (tertiary/aromatic N) is 1.